The fourth-order valence-electron chi connectivity index (χ4n) is 3.54. The third kappa shape index (κ3) is 9.43. The fourth-order valence-corrected chi connectivity index (χ4v) is 3.54. The van der Waals surface area contributed by atoms with Crippen molar-refractivity contribution in [1.82, 2.24) is 4.90 Å². The SMILES string of the molecule is CCOC(=O)C(C)(C)CC(C)(CC(C)(C)C(=O)OCCOC)C(=O)OCCN(C)C. The first-order chi connectivity index (χ1) is 13.7. The summed E-state index contributed by atoms with van der Waals surface area (Å²) in [6, 6.07) is 0. The quantitative estimate of drug-likeness (QED) is 0.236. The van der Waals surface area contributed by atoms with Crippen LogP contribution in [0.4, 0.5) is 0 Å². The Labute approximate surface area is 181 Å². The van der Waals surface area contributed by atoms with Gasteiger partial charge in [0.2, 0.25) is 0 Å². The number of likely N-dealkylation sites (N-methyl/N-ethyl adjacent to an activating group) is 1. The molecule has 176 valence electrons. The van der Waals surface area contributed by atoms with Crippen molar-refractivity contribution in [2.75, 3.05) is 54.2 Å². The van der Waals surface area contributed by atoms with Gasteiger partial charge in [-0.05, 0) is 68.5 Å². The van der Waals surface area contributed by atoms with Crippen molar-refractivity contribution in [2.24, 2.45) is 16.2 Å². The Kier molecular flexibility index (Phi) is 11.6. The molecule has 0 N–H and O–H groups in total. The molecule has 1 unspecified atom stereocenters. The molecule has 0 radical (unpaired) electrons. The van der Waals surface area contributed by atoms with Crippen LogP contribution in [-0.4, -0.2) is 77.0 Å². The number of hydrogen-bond donors (Lipinski definition) is 0. The summed E-state index contributed by atoms with van der Waals surface area (Å²) >= 11 is 0. The van der Waals surface area contributed by atoms with Gasteiger partial charge in [-0.15, -0.1) is 0 Å². The van der Waals surface area contributed by atoms with Gasteiger partial charge in [-0.3, -0.25) is 14.4 Å². The van der Waals surface area contributed by atoms with Gasteiger partial charge in [-0.1, -0.05) is 0 Å². The molecule has 30 heavy (non-hydrogen) atoms. The van der Waals surface area contributed by atoms with E-state index in [0.717, 1.165) is 0 Å². The van der Waals surface area contributed by atoms with Gasteiger partial charge in [0, 0.05) is 13.7 Å². The molecule has 0 saturated heterocycles. The van der Waals surface area contributed by atoms with Crippen molar-refractivity contribution < 1.29 is 33.3 Å². The predicted molar refractivity (Wildman–Crippen MR) is 114 cm³/mol. The van der Waals surface area contributed by atoms with Crippen molar-refractivity contribution in [1.29, 1.82) is 0 Å². The lowest BCUT2D eigenvalue weighted by molar-refractivity contribution is -0.168. The first-order valence-electron chi connectivity index (χ1n) is 10.4. The summed E-state index contributed by atoms with van der Waals surface area (Å²) < 4.78 is 20.9. The maximum absolute atomic E-state index is 13.1. The second-order valence-electron chi connectivity index (χ2n) is 9.47. The van der Waals surface area contributed by atoms with Crippen LogP contribution in [0.25, 0.3) is 0 Å². The molecule has 0 aromatic heterocycles. The number of hydrogen-bond acceptors (Lipinski definition) is 8. The molecule has 0 amide bonds. The lowest BCUT2D eigenvalue weighted by Crippen LogP contribution is -2.44. The van der Waals surface area contributed by atoms with Gasteiger partial charge < -0.3 is 23.8 Å². The van der Waals surface area contributed by atoms with E-state index in [1.54, 1.807) is 41.5 Å². The van der Waals surface area contributed by atoms with Crippen LogP contribution in [0.3, 0.4) is 0 Å². The maximum atomic E-state index is 13.1. The van der Waals surface area contributed by atoms with E-state index in [0.29, 0.717) is 13.2 Å². The van der Waals surface area contributed by atoms with Crippen LogP contribution >= 0.6 is 0 Å². The number of esters is 3. The summed E-state index contributed by atoms with van der Waals surface area (Å²) in [6.45, 7) is 11.9. The molecule has 0 spiro atoms. The van der Waals surface area contributed by atoms with Gasteiger partial charge in [0.05, 0.1) is 29.5 Å². The zero-order chi connectivity index (χ0) is 23.6. The highest BCUT2D eigenvalue weighted by Gasteiger charge is 2.48. The van der Waals surface area contributed by atoms with Gasteiger partial charge in [0.25, 0.3) is 0 Å². The van der Waals surface area contributed by atoms with Crippen LogP contribution in [0.2, 0.25) is 0 Å². The molecule has 8 heteroatoms. The van der Waals surface area contributed by atoms with E-state index < -0.39 is 34.2 Å². The molecule has 0 saturated carbocycles. The van der Waals surface area contributed by atoms with Gasteiger partial charge in [-0.2, -0.15) is 0 Å². The minimum absolute atomic E-state index is 0.136. The van der Waals surface area contributed by atoms with E-state index in [-0.39, 0.29) is 32.7 Å². The van der Waals surface area contributed by atoms with E-state index in [1.165, 1.54) is 7.11 Å². The lowest BCUT2D eigenvalue weighted by atomic mass is 9.66. The Bertz CT molecular complexity index is 572. The summed E-state index contributed by atoms with van der Waals surface area (Å²) in [6.07, 6.45) is 0.337. The van der Waals surface area contributed by atoms with E-state index in [9.17, 15) is 14.4 Å². The molecule has 0 fully saturated rings. The average molecular weight is 432 g/mol. The van der Waals surface area contributed by atoms with Gasteiger partial charge in [0.1, 0.15) is 13.2 Å². The van der Waals surface area contributed by atoms with Crippen LogP contribution < -0.4 is 0 Å². The number of ether oxygens (including phenoxy) is 4. The highest BCUT2D eigenvalue weighted by Crippen LogP contribution is 2.44. The maximum Gasteiger partial charge on any atom is 0.311 e. The minimum Gasteiger partial charge on any atom is -0.466 e. The molecule has 0 heterocycles. The number of rotatable bonds is 14. The first kappa shape index (κ1) is 28.3. The summed E-state index contributed by atoms with van der Waals surface area (Å²) in [7, 11) is 5.29. The number of nitrogens with zero attached hydrogens (tertiary/aromatic N) is 1. The summed E-state index contributed by atoms with van der Waals surface area (Å²) in [4.78, 5) is 40.1. The Morgan fingerprint density at radius 1 is 0.733 bits per heavy atom. The molecule has 0 aromatic rings. The van der Waals surface area contributed by atoms with Crippen molar-refractivity contribution in [3.8, 4) is 0 Å². The molecule has 0 aliphatic heterocycles. The second kappa shape index (κ2) is 12.2. The molecular weight excluding hydrogens is 390 g/mol. The van der Waals surface area contributed by atoms with Crippen molar-refractivity contribution in [3.63, 3.8) is 0 Å². The molecule has 0 aliphatic rings. The zero-order valence-corrected chi connectivity index (χ0v) is 20.3. The Morgan fingerprint density at radius 3 is 1.63 bits per heavy atom. The third-order valence-electron chi connectivity index (χ3n) is 4.83. The monoisotopic (exact) mass is 431 g/mol. The van der Waals surface area contributed by atoms with E-state index in [4.69, 9.17) is 18.9 Å². The molecule has 0 aromatic carbocycles. The van der Waals surface area contributed by atoms with Crippen LogP contribution in [-0.2, 0) is 33.3 Å². The number of carbonyl (C=O) groups is 3. The largest absolute Gasteiger partial charge is 0.466 e. The van der Waals surface area contributed by atoms with Crippen LogP contribution in [0.15, 0.2) is 0 Å². The van der Waals surface area contributed by atoms with E-state index in [2.05, 4.69) is 0 Å². The van der Waals surface area contributed by atoms with Crippen LogP contribution in [0, 0.1) is 16.2 Å². The number of carbonyl (C=O) groups excluding carboxylic acids is 3. The molecule has 0 aliphatic carbocycles. The highest BCUT2D eigenvalue weighted by molar-refractivity contribution is 5.82. The van der Waals surface area contributed by atoms with Crippen molar-refractivity contribution in [2.45, 2.75) is 54.4 Å². The summed E-state index contributed by atoms with van der Waals surface area (Å²) in [5.41, 5.74) is -2.98. The van der Waals surface area contributed by atoms with Gasteiger partial charge >= 0.3 is 17.9 Å². The Hall–Kier alpha value is -1.67. The topological polar surface area (TPSA) is 91.4 Å². The smallest absolute Gasteiger partial charge is 0.311 e. The second-order valence-corrected chi connectivity index (χ2v) is 9.47. The molecular formula is C22H41NO7. The Balaban J connectivity index is 5.62. The summed E-state index contributed by atoms with van der Waals surface area (Å²) in [5, 5.41) is 0. The standard InChI is InChI=1S/C22H41NO7/c1-10-28-17(24)20(2,3)15-22(6,19(26)29-12-11-23(7)8)16-21(4,5)18(25)30-14-13-27-9/h10-16H2,1-9H3. The molecule has 0 bridgehead atoms. The normalized spacial score (nSPS) is 14.2. The van der Waals surface area contributed by atoms with Crippen molar-refractivity contribution in [3.05, 3.63) is 0 Å². The predicted octanol–water partition coefficient (Wildman–Crippen LogP) is 2.68. The summed E-state index contributed by atoms with van der Waals surface area (Å²) in [5.74, 6) is -1.27. The molecule has 8 nitrogen and oxygen atoms in total. The zero-order valence-electron chi connectivity index (χ0n) is 20.3. The van der Waals surface area contributed by atoms with Gasteiger partial charge in [0.15, 0.2) is 0 Å². The van der Waals surface area contributed by atoms with E-state index >= 15 is 0 Å². The first-order valence-corrected chi connectivity index (χ1v) is 10.4. The fraction of sp³-hybridized carbons (Fsp3) is 0.864. The third-order valence-corrected chi connectivity index (χ3v) is 4.83. The Morgan fingerprint density at radius 2 is 1.20 bits per heavy atom. The lowest BCUT2D eigenvalue weighted by Gasteiger charge is -2.38. The molecule has 1 atom stereocenters. The minimum atomic E-state index is -1.09. The van der Waals surface area contributed by atoms with Crippen LogP contribution in [0.1, 0.15) is 54.4 Å². The van der Waals surface area contributed by atoms with Crippen LogP contribution in [0.5, 0.6) is 0 Å². The van der Waals surface area contributed by atoms with Gasteiger partial charge in [-0.25, -0.2) is 0 Å². The highest BCUT2D eigenvalue weighted by atomic mass is 16.6. The molecule has 0 rings (SSSR count). The van der Waals surface area contributed by atoms with E-state index in [1.807, 2.05) is 19.0 Å². The number of methoxy groups -OCH3 is 1. The average Bonchev–Trinajstić information content (AvgIpc) is 2.60. The van der Waals surface area contributed by atoms with Crippen molar-refractivity contribution >= 4 is 17.9 Å².